The third-order valence-corrected chi connectivity index (χ3v) is 2.26. The fraction of sp³-hybridized carbons (Fsp3) is 0.273. The highest BCUT2D eigenvalue weighted by atomic mass is 35.5. The number of hydrogen-bond donors (Lipinski definition) is 2. The number of hydrogen-bond acceptors (Lipinski definition) is 3. The van der Waals surface area contributed by atoms with E-state index in [-0.39, 0.29) is 19.0 Å². The molecule has 6 heteroatoms. The van der Waals surface area contributed by atoms with E-state index < -0.39 is 5.97 Å². The highest BCUT2D eigenvalue weighted by molar-refractivity contribution is 5.85. The molecule has 2 aromatic rings. The Bertz CT molecular complexity index is 479. The zero-order chi connectivity index (χ0) is 11.5. The van der Waals surface area contributed by atoms with Gasteiger partial charge in [0.25, 0.3) is 0 Å². The number of aliphatic carboxylic acids is 1. The van der Waals surface area contributed by atoms with Gasteiger partial charge in [0.1, 0.15) is 5.82 Å². The van der Waals surface area contributed by atoms with Crippen LogP contribution in [0.15, 0.2) is 24.3 Å². The predicted molar refractivity (Wildman–Crippen MR) is 67.3 cm³/mol. The molecule has 0 fully saturated rings. The van der Waals surface area contributed by atoms with Crippen LogP contribution < -0.4 is 0 Å². The molecule has 1 aromatic heterocycles. The minimum absolute atomic E-state index is 0. The van der Waals surface area contributed by atoms with Gasteiger partial charge in [-0.15, -0.1) is 12.4 Å². The van der Waals surface area contributed by atoms with E-state index in [2.05, 4.69) is 9.97 Å². The number of carbonyl (C=O) groups is 1. The number of aromatic amines is 1. The second kappa shape index (κ2) is 5.65. The number of fused-ring (bicyclic) bond motifs is 1. The summed E-state index contributed by atoms with van der Waals surface area (Å²) in [7, 11) is 1.75. The molecule has 0 aliphatic carbocycles. The lowest BCUT2D eigenvalue weighted by Gasteiger charge is -2.11. The van der Waals surface area contributed by atoms with Crippen LogP contribution in [0, 0.1) is 0 Å². The lowest BCUT2D eigenvalue weighted by atomic mass is 10.3. The Balaban J connectivity index is 0.00000144. The number of carboxylic acid groups (broad SMARTS) is 1. The summed E-state index contributed by atoms with van der Waals surface area (Å²) in [6.07, 6.45) is 0. The maximum Gasteiger partial charge on any atom is 0.317 e. The van der Waals surface area contributed by atoms with Crippen LogP contribution in [0.4, 0.5) is 0 Å². The Labute approximate surface area is 105 Å². The molecule has 5 nitrogen and oxygen atoms in total. The molecule has 0 amide bonds. The molecule has 0 saturated heterocycles. The Morgan fingerprint density at radius 2 is 2.18 bits per heavy atom. The highest BCUT2D eigenvalue weighted by Crippen LogP contribution is 2.10. The Morgan fingerprint density at radius 1 is 1.47 bits per heavy atom. The van der Waals surface area contributed by atoms with Gasteiger partial charge in [-0.3, -0.25) is 9.69 Å². The van der Waals surface area contributed by atoms with Crippen molar-refractivity contribution in [1.82, 2.24) is 14.9 Å². The monoisotopic (exact) mass is 255 g/mol. The molecule has 0 saturated carbocycles. The van der Waals surface area contributed by atoms with Crippen molar-refractivity contribution >= 4 is 29.4 Å². The van der Waals surface area contributed by atoms with Gasteiger partial charge in [0.2, 0.25) is 0 Å². The number of para-hydroxylation sites is 2. The van der Waals surface area contributed by atoms with Crippen LogP contribution >= 0.6 is 12.4 Å². The van der Waals surface area contributed by atoms with Crippen molar-refractivity contribution in [2.45, 2.75) is 6.54 Å². The number of imidazole rings is 1. The van der Waals surface area contributed by atoms with Crippen molar-refractivity contribution < 1.29 is 9.90 Å². The normalized spacial score (nSPS) is 10.5. The van der Waals surface area contributed by atoms with E-state index in [1.807, 2.05) is 24.3 Å². The average molecular weight is 256 g/mol. The fourth-order valence-electron chi connectivity index (χ4n) is 1.62. The lowest BCUT2D eigenvalue weighted by Crippen LogP contribution is -2.25. The van der Waals surface area contributed by atoms with Crippen molar-refractivity contribution in [3.63, 3.8) is 0 Å². The van der Waals surface area contributed by atoms with E-state index >= 15 is 0 Å². The summed E-state index contributed by atoms with van der Waals surface area (Å²) in [6.45, 7) is 0.512. The SMILES string of the molecule is CN(CC(=O)O)Cc1nc2ccccc2[nH]1.Cl. The van der Waals surface area contributed by atoms with Crippen molar-refractivity contribution in [2.75, 3.05) is 13.6 Å². The molecular formula is C11H14ClN3O2. The Hall–Kier alpha value is -1.59. The number of rotatable bonds is 4. The molecule has 17 heavy (non-hydrogen) atoms. The molecule has 0 unspecified atom stereocenters. The molecule has 0 atom stereocenters. The number of aromatic nitrogens is 2. The minimum Gasteiger partial charge on any atom is -0.480 e. The molecule has 0 bridgehead atoms. The van der Waals surface area contributed by atoms with E-state index in [4.69, 9.17) is 5.11 Å². The number of carboxylic acids is 1. The fourth-order valence-corrected chi connectivity index (χ4v) is 1.62. The summed E-state index contributed by atoms with van der Waals surface area (Å²) >= 11 is 0. The van der Waals surface area contributed by atoms with Gasteiger partial charge in [0.05, 0.1) is 24.1 Å². The van der Waals surface area contributed by atoms with Crippen LogP contribution in [0.5, 0.6) is 0 Å². The van der Waals surface area contributed by atoms with Gasteiger partial charge < -0.3 is 10.1 Å². The number of halogens is 1. The van der Waals surface area contributed by atoms with Gasteiger partial charge in [0.15, 0.2) is 0 Å². The number of likely N-dealkylation sites (N-methyl/N-ethyl adjacent to an activating group) is 1. The third kappa shape index (κ3) is 3.44. The zero-order valence-corrected chi connectivity index (χ0v) is 10.2. The first-order valence-corrected chi connectivity index (χ1v) is 4.99. The Morgan fingerprint density at radius 3 is 2.82 bits per heavy atom. The van der Waals surface area contributed by atoms with Crippen molar-refractivity contribution in [3.05, 3.63) is 30.1 Å². The zero-order valence-electron chi connectivity index (χ0n) is 9.38. The first kappa shape index (κ1) is 13.5. The van der Waals surface area contributed by atoms with Gasteiger partial charge >= 0.3 is 5.97 Å². The van der Waals surface area contributed by atoms with Crippen LogP contribution in [0.1, 0.15) is 5.82 Å². The summed E-state index contributed by atoms with van der Waals surface area (Å²) in [5, 5.41) is 8.63. The lowest BCUT2D eigenvalue weighted by molar-refractivity contribution is -0.138. The first-order chi connectivity index (χ1) is 7.65. The molecule has 0 aliphatic heterocycles. The maximum absolute atomic E-state index is 10.5. The number of H-pyrrole nitrogens is 1. The second-order valence-electron chi connectivity index (χ2n) is 3.77. The molecule has 0 spiro atoms. The summed E-state index contributed by atoms with van der Waals surface area (Å²) in [5.74, 6) is -0.0523. The summed E-state index contributed by atoms with van der Waals surface area (Å²) < 4.78 is 0. The minimum atomic E-state index is -0.835. The standard InChI is InChI=1S/C11H13N3O2.ClH/c1-14(7-11(15)16)6-10-12-8-4-2-3-5-9(8)13-10;/h2-5H,6-7H2,1H3,(H,12,13)(H,15,16);1H. The van der Waals surface area contributed by atoms with Crippen LogP contribution in [0.3, 0.4) is 0 Å². The van der Waals surface area contributed by atoms with Gasteiger partial charge in [0, 0.05) is 0 Å². The molecule has 0 radical (unpaired) electrons. The van der Waals surface area contributed by atoms with E-state index in [9.17, 15) is 4.79 Å². The quantitative estimate of drug-likeness (QED) is 0.869. The highest BCUT2D eigenvalue weighted by Gasteiger charge is 2.08. The third-order valence-electron chi connectivity index (χ3n) is 2.26. The second-order valence-corrected chi connectivity index (χ2v) is 3.77. The molecule has 2 rings (SSSR count). The molecular weight excluding hydrogens is 242 g/mol. The van der Waals surface area contributed by atoms with E-state index in [1.54, 1.807) is 11.9 Å². The van der Waals surface area contributed by atoms with Gasteiger partial charge in [-0.2, -0.15) is 0 Å². The van der Waals surface area contributed by atoms with Crippen molar-refractivity contribution in [2.24, 2.45) is 0 Å². The molecule has 1 heterocycles. The topological polar surface area (TPSA) is 69.2 Å². The van der Waals surface area contributed by atoms with Gasteiger partial charge in [-0.1, -0.05) is 12.1 Å². The average Bonchev–Trinajstić information content (AvgIpc) is 2.57. The number of benzene rings is 1. The van der Waals surface area contributed by atoms with Gasteiger partial charge in [-0.25, -0.2) is 4.98 Å². The summed E-state index contributed by atoms with van der Waals surface area (Å²) in [4.78, 5) is 19.7. The van der Waals surface area contributed by atoms with Crippen molar-refractivity contribution in [3.8, 4) is 0 Å². The van der Waals surface area contributed by atoms with E-state index in [0.29, 0.717) is 6.54 Å². The number of nitrogens with one attached hydrogen (secondary N) is 1. The largest absolute Gasteiger partial charge is 0.480 e. The van der Waals surface area contributed by atoms with E-state index in [1.165, 1.54) is 0 Å². The summed E-state index contributed by atoms with van der Waals surface area (Å²) in [6, 6.07) is 7.73. The first-order valence-electron chi connectivity index (χ1n) is 4.99. The molecule has 92 valence electrons. The van der Waals surface area contributed by atoms with E-state index in [0.717, 1.165) is 16.9 Å². The molecule has 2 N–H and O–H groups in total. The van der Waals surface area contributed by atoms with Crippen LogP contribution in [0.2, 0.25) is 0 Å². The van der Waals surface area contributed by atoms with Crippen LogP contribution in [0.25, 0.3) is 11.0 Å². The van der Waals surface area contributed by atoms with Gasteiger partial charge in [-0.05, 0) is 19.2 Å². The Kier molecular flexibility index (Phi) is 4.48. The predicted octanol–water partition coefficient (Wildman–Crippen LogP) is 1.50. The molecule has 1 aromatic carbocycles. The van der Waals surface area contributed by atoms with Crippen molar-refractivity contribution in [1.29, 1.82) is 0 Å². The van der Waals surface area contributed by atoms with Crippen LogP contribution in [-0.4, -0.2) is 39.5 Å². The van der Waals surface area contributed by atoms with Crippen LogP contribution in [-0.2, 0) is 11.3 Å². The smallest absolute Gasteiger partial charge is 0.317 e. The molecule has 0 aliphatic rings. The number of nitrogens with zero attached hydrogens (tertiary/aromatic N) is 2. The maximum atomic E-state index is 10.5. The summed E-state index contributed by atoms with van der Waals surface area (Å²) in [5.41, 5.74) is 1.88.